The Bertz CT molecular complexity index is 1150. The number of halogens is 1. The molecular weight excluding hydrogens is 480 g/mol. The van der Waals surface area contributed by atoms with E-state index >= 15 is 0 Å². The van der Waals surface area contributed by atoms with Gasteiger partial charge in [0.1, 0.15) is 12.4 Å². The number of nitrogens with one attached hydrogen (secondary N) is 1. The molecule has 0 bridgehead atoms. The molecule has 2 N–H and O–H groups in total. The predicted octanol–water partition coefficient (Wildman–Crippen LogP) is 3.72. The maximum atomic E-state index is 12.0. The van der Waals surface area contributed by atoms with Crippen LogP contribution in [0.3, 0.4) is 0 Å². The van der Waals surface area contributed by atoms with Crippen molar-refractivity contribution < 1.29 is 27.2 Å². The van der Waals surface area contributed by atoms with Crippen LogP contribution >= 0.6 is 11.6 Å². The summed E-state index contributed by atoms with van der Waals surface area (Å²) in [6.07, 6.45) is 2.07. The first-order chi connectivity index (χ1) is 16.1. The minimum Gasteiger partial charge on any atom is -0.490 e. The van der Waals surface area contributed by atoms with Crippen LogP contribution < -0.4 is 5.43 Å². The van der Waals surface area contributed by atoms with Gasteiger partial charge in [-0.15, -0.1) is 11.6 Å². The van der Waals surface area contributed by atoms with Crippen molar-refractivity contribution in [2.24, 2.45) is 0 Å². The first-order valence-electron chi connectivity index (χ1n) is 10.8. The number of hydrogen-bond acceptors (Lipinski definition) is 6. The second kappa shape index (κ2) is 11.2. The lowest BCUT2D eigenvalue weighted by Gasteiger charge is -2.32. The summed E-state index contributed by atoms with van der Waals surface area (Å²) in [4.78, 5) is 11.9. The number of hydrogen-bond donors (Lipinski definition) is 2. The number of carbonyl (C=O) groups excluding carboxylic acids is 1. The van der Waals surface area contributed by atoms with Gasteiger partial charge in [0.2, 0.25) is 0 Å². The largest absolute Gasteiger partial charge is 0.490 e. The van der Waals surface area contributed by atoms with E-state index in [1.165, 1.54) is 6.07 Å². The topological polar surface area (TPSA) is 105 Å². The molecule has 0 spiro atoms. The van der Waals surface area contributed by atoms with Crippen molar-refractivity contribution in [2.75, 3.05) is 6.61 Å². The van der Waals surface area contributed by atoms with E-state index in [1.54, 1.807) is 30.3 Å². The number of alkyl halides is 1. The van der Waals surface area contributed by atoms with E-state index in [1.807, 2.05) is 38.1 Å². The summed E-state index contributed by atoms with van der Waals surface area (Å²) in [6.45, 7) is 6.61. The maximum Gasteiger partial charge on any atom is 0.294 e. The Balaban J connectivity index is 1.51. The Hall–Kier alpha value is -2.59. The third kappa shape index (κ3) is 6.73. The van der Waals surface area contributed by atoms with Crippen LogP contribution in [-0.4, -0.2) is 41.9 Å². The number of aryl methyl sites for hydroxylation is 1. The number of hydrazine groups is 1. The van der Waals surface area contributed by atoms with Crippen molar-refractivity contribution >= 4 is 27.6 Å². The molecule has 0 saturated heterocycles. The summed E-state index contributed by atoms with van der Waals surface area (Å²) in [5.74, 6) is 0.0711. The van der Waals surface area contributed by atoms with Crippen molar-refractivity contribution in [1.29, 1.82) is 0 Å². The highest BCUT2D eigenvalue weighted by Gasteiger charge is 2.29. The smallest absolute Gasteiger partial charge is 0.294 e. The van der Waals surface area contributed by atoms with E-state index < -0.39 is 15.5 Å². The molecule has 3 rings (SSSR count). The number of nitrogens with zero attached hydrogens (tertiary/aromatic N) is 1. The number of carbonyl (C=O) groups is 1. The molecule has 184 valence electrons. The first-order valence-corrected chi connectivity index (χ1v) is 12.7. The van der Waals surface area contributed by atoms with E-state index in [0.717, 1.165) is 16.7 Å². The molecule has 1 unspecified atom stereocenters. The molecule has 0 saturated carbocycles. The lowest BCUT2D eigenvalue weighted by Crippen LogP contribution is -2.50. The molecule has 1 atom stereocenters. The van der Waals surface area contributed by atoms with E-state index in [2.05, 4.69) is 5.43 Å². The fourth-order valence-electron chi connectivity index (χ4n) is 3.44. The molecule has 1 amide bonds. The molecule has 10 heteroatoms. The lowest BCUT2D eigenvalue weighted by molar-refractivity contribution is -0.126. The summed E-state index contributed by atoms with van der Waals surface area (Å²) in [5.41, 5.74) is 5.89. The van der Waals surface area contributed by atoms with Crippen LogP contribution in [0.25, 0.3) is 0 Å². The van der Waals surface area contributed by atoms with Gasteiger partial charge < -0.3 is 9.47 Å². The van der Waals surface area contributed by atoms with Gasteiger partial charge in [-0.3, -0.25) is 19.8 Å². The molecule has 34 heavy (non-hydrogen) atoms. The highest BCUT2D eigenvalue weighted by atomic mass is 35.5. The van der Waals surface area contributed by atoms with Gasteiger partial charge >= 0.3 is 0 Å². The minimum atomic E-state index is -4.28. The Labute approximate surface area is 205 Å². The molecule has 0 fully saturated rings. The van der Waals surface area contributed by atoms with E-state index in [4.69, 9.17) is 21.1 Å². The van der Waals surface area contributed by atoms with Gasteiger partial charge in [-0.2, -0.15) is 8.42 Å². The van der Waals surface area contributed by atoms with Crippen molar-refractivity contribution in [3.63, 3.8) is 0 Å². The normalized spacial score (nSPS) is 16.4. The van der Waals surface area contributed by atoms with Crippen LogP contribution in [0, 0.1) is 6.92 Å². The molecule has 1 aliphatic rings. The number of benzene rings is 2. The van der Waals surface area contributed by atoms with Crippen LogP contribution in [0.4, 0.5) is 0 Å². The predicted molar refractivity (Wildman–Crippen MR) is 128 cm³/mol. The van der Waals surface area contributed by atoms with E-state index in [-0.39, 0.29) is 23.5 Å². The molecule has 0 radical (unpaired) electrons. The van der Waals surface area contributed by atoms with Crippen molar-refractivity contribution in [3.05, 3.63) is 76.7 Å². The Morgan fingerprint density at radius 3 is 2.38 bits per heavy atom. The van der Waals surface area contributed by atoms with Gasteiger partial charge in [-0.05, 0) is 55.5 Å². The van der Waals surface area contributed by atoms with Crippen LogP contribution in [0.2, 0.25) is 0 Å². The van der Waals surface area contributed by atoms with Gasteiger partial charge in [-0.1, -0.05) is 36.4 Å². The summed E-state index contributed by atoms with van der Waals surface area (Å²) in [5, 5.41) is 0.782. The third-order valence-electron chi connectivity index (χ3n) is 5.38. The Morgan fingerprint density at radius 2 is 1.76 bits per heavy atom. The van der Waals surface area contributed by atoms with E-state index in [9.17, 15) is 17.8 Å². The third-order valence-corrected chi connectivity index (χ3v) is 6.73. The fourth-order valence-corrected chi connectivity index (χ4v) is 4.43. The highest BCUT2D eigenvalue weighted by molar-refractivity contribution is 7.85. The van der Waals surface area contributed by atoms with Gasteiger partial charge in [0, 0.05) is 6.04 Å². The zero-order valence-electron chi connectivity index (χ0n) is 19.3. The zero-order valence-corrected chi connectivity index (χ0v) is 20.9. The van der Waals surface area contributed by atoms with Gasteiger partial charge in [0.25, 0.3) is 16.0 Å². The highest BCUT2D eigenvalue weighted by Crippen LogP contribution is 2.21. The fraction of sp³-hybridized carbons (Fsp3) is 0.375. The minimum absolute atomic E-state index is 0.0661. The second-order valence-electron chi connectivity index (χ2n) is 8.31. The summed E-state index contributed by atoms with van der Waals surface area (Å²) < 4.78 is 44.1. The number of amides is 1. The van der Waals surface area contributed by atoms with Crippen molar-refractivity contribution in [2.45, 2.75) is 56.7 Å². The molecule has 2 aromatic carbocycles. The van der Waals surface area contributed by atoms with Gasteiger partial charge in [0.05, 0.1) is 24.3 Å². The van der Waals surface area contributed by atoms with Crippen LogP contribution in [0.1, 0.15) is 36.1 Å². The summed E-state index contributed by atoms with van der Waals surface area (Å²) in [6, 6.07) is 12.5. The molecule has 0 aliphatic carbocycles. The van der Waals surface area contributed by atoms with Gasteiger partial charge in [0.15, 0.2) is 5.38 Å². The zero-order chi connectivity index (χ0) is 24.9. The molecular formula is C24H29ClN2O6S. The van der Waals surface area contributed by atoms with E-state index in [0.29, 0.717) is 31.0 Å². The average molecular weight is 509 g/mol. The molecule has 1 aliphatic heterocycles. The summed E-state index contributed by atoms with van der Waals surface area (Å²) >= 11 is 6.16. The lowest BCUT2D eigenvalue weighted by atomic mass is 10.1. The molecule has 0 aromatic heterocycles. The number of rotatable bonds is 10. The average Bonchev–Trinajstić information content (AvgIpc) is 2.78. The first kappa shape index (κ1) is 26.0. The van der Waals surface area contributed by atoms with Crippen LogP contribution in [0.5, 0.6) is 0 Å². The maximum absolute atomic E-state index is 12.0. The number of ether oxygens (including phenoxy) is 2. The standard InChI is InChI=1S/C24H29ClN2O6S/c1-16(2)27-13-21(23(25)24(28)26-27)33-15-19-9-7-18(8-10-19)14-32-12-11-20-17(3)5-4-6-22(20)34(29,30)31/h4-10,13,16,23H,11-12,14-15H2,1-3H3,(H,26,28)(H,29,30,31). The Morgan fingerprint density at radius 1 is 1.12 bits per heavy atom. The SMILES string of the molecule is Cc1cccc(S(=O)(=O)O)c1CCOCc1ccc(COC2=CN(C(C)C)NC(=O)C2Cl)cc1. The van der Waals surface area contributed by atoms with Crippen molar-refractivity contribution in [1.82, 2.24) is 10.4 Å². The molecule has 2 aromatic rings. The Kier molecular flexibility index (Phi) is 8.59. The second-order valence-corrected chi connectivity index (χ2v) is 10.1. The summed E-state index contributed by atoms with van der Waals surface area (Å²) in [7, 11) is -4.28. The van der Waals surface area contributed by atoms with Crippen LogP contribution in [-0.2, 0) is 44.0 Å². The molecule has 8 nitrogen and oxygen atoms in total. The monoisotopic (exact) mass is 508 g/mol. The molecule has 1 heterocycles. The quantitative estimate of drug-likeness (QED) is 0.286. The van der Waals surface area contributed by atoms with Gasteiger partial charge in [-0.25, -0.2) is 0 Å². The van der Waals surface area contributed by atoms with Crippen LogP contribution in [0.15, 0.2) is 59.3 Å². The van der Waals surface area contributed by atoms with Crippen molar-refractivity contribution in [3.8, 4) is 0 Å².